The Kier molecular flexibility index (Phi) is 10.1. The Balaban J connectivity index is 2.01. The number of halogens is 1. The second-order valence-electron chi connectivity index (χ2n) is 8.02. The van der Waals surface area contributed by atoms with Crippen LogP contribution in [0.15, 0.2) is 0 Å². The monoisotopic (exact) mass is 438 g/mol. The van der Waals surface area contributed by atoms with Crippen molar-refractivity contribution in [3.8, 4) is 0 Å². The standard InChI is InChI=1S/C19H35FN2O6S/c1-10(2)13(17-15(24)14(23)16(25)19(28-17)29-3)22-18(26)12-9-11(5-7-21-12)27-8-4-6-20/h10-17,19,21,23-25H,4-9H2,1-3H3,(H,22,26)/t11-,12+,13-,14+,15-,16-,17-,19-/m1/s1. The minimum Gasteiger partial charge on any atom is -0.388 e. The van der Waals surface area contributed by atoms with Gasteiger partial charge in [0.15, 0.2) is 0 Å². The van der Waals surface area contributed by atoms with Crippen LogP contribution in [0.2, 0.25) is 0 Å². The lowest BCUT2D eigenvalue weighted by Crippen LogP contribution is -2.65. The van der Waals surface area contributed by atoms with Gasteiger partial charge in [0.05, 0.1) is 24.9 Å². The van der Waals surface area contributed by atoms with E-state index in [-0.39, 0.29) is 17.9 Å². The summed E-state index contributed by atoms with van der Waals surface area (Å²) in [5.74, 6) is -0.316. The summed E-state index contributed by atoms with van der Waals surface area (Å²) in [4.78, 5) is 12.9. The molecule has 8 nitrogen and oxygen atoms in total. The van der Waals surface area contributed by atoms with Gasteiger partial charge in [-0.25, -0.2) is 0 Å². The average molecular weight is 439 g/mol. The third-order valence-corrected chi connectivity index (χ3v) is 6.38. The molecule has 0 aliphatic carbocycles. The van der Waals surface area contributed by atoms with Gasteiger partial charge in [-0.2, -0.15) is 0 Å². The third kappa shape index (κ3) is 6.49. The van der Waals surface area contributed by atoms with Crippen LogP contribution in [0.5, 0.6) is 0 Å². The number of hydrogen-bond acceptors (Lipinski definition) is 8. The second-order valence-corrected chi connectivity index (χ2v) is 8.96. The van der Waals surface area contributed by atoms with Gasteiger partial charge in [-0.1, -0.05) is 13.8 Å². The smallest absolute Gasteiger partial charge is 0.237 e. The molecule has 2 aliphatic heterocycles. The molecule has 0 aromatic carbocycles. The zero-order valence-electron chi connectivity index (χ0n) is 17.3. The Bertz CT molecular complexity index is 515. The maximum Gasteiger partial charge on any atom is 0.237 e. The van der Waals surface area contributed by atoms with Crippen LogP contribution in [0.4, 0.5) is 4.39 Å². The highest BCUT2D eigenvalue weighted by molar-refractivity contribution is 7.99. The van der Waals surface area contributed by atoms with Gasteiger partial charge in [0.2, 0.25) is 5.91 Å². The number of ether oxygens (including phenoxy) is 2. The zero-order chi connectivity index (χ0) is 21.6. The first-order valence-electron chi connectivity index (χ1n) is 10.2. The first kappa shape index (κ1) is 24.8. The topological polar surface area (TPSA) is 120 Å². The van der Waals surface area contributed by atoms with Crippen molar-refractivity contribution >= 4 is 17.7 Å². The number of piperidine rings is 1. The van der Waals surface area contributed by atoms with E-state index in [0.29, 0.717) is 26.0 Å². The van der Waals surface area contributed by atoms with Gasteiger partial charge in [0, 0.05) is 6.61 Å². The molecule has 8 atom stereocenters. The van der Waals surface area contributed by atoms with E-state index < -0.39 is 48.6 Å². The molecule has 0 aromatic rings. The number of aliphatic hydroxyl groups is 3. The van der Waals surface area contributed by atoms with Gasteiger partial charge < -0.3 is 35.4 Å². The molecule has 2 fully saturated rings. The van der Waals surface area contributed by atoms with E-state index in [0.717, 1.165) is 6.42 Å². The van der Waals surface area contributed by atoms with Crippen LogP contribution in [0, 0.1) is 5.92 Å². The number of aliphatic hydroxyl groups excluding tert-OH is 3. The number of amides is 1. The SMILES string of the molecule is CS[C@H]1O[C@H]([C@H](NC(=O)[C@@H]2C[C@H](OCCCF)CCN2)C(C)C)[C@H](O)[C@H](O)[C@H]1O. The van der Waals surface area contributed by atoms with Gasteiger partial charge in [-0.05, 0) is 38.0 Å². The van der Waals surface area contributed by atoms with Crippen molar-refractivity contribution < 1.29 is 34.0 Å². The number of carbonyl (C=O) groups excluding carboxylic acids is 1. The van der Waals surface area contributed by atoms with Gasteiger partial charge in [-0.3, -0.25) is 9.18 Å². The summed E-state index contributed by atoms with van der Waals surface area (Å²) < 4.78 is 23.8. The van der Waals surface area contributed by atoms with Crippen LogP contribution in [-0.4, -0.2) is 95.3 Å². The summed E-state index contributed by atoms with van der Waals surface area (Å²) in [6, 6.07) is -1.02. The maximum atomic E-state index is 12.9. The van der Waals surface area contributed by atoms with Crippen LogP contribution < -0.4 is 10.6 Å². The van der Waals surface area contributed by atoms with Crippen LogP contribution in [0.1, 0.15) is 33.1 Å². The highest BCUT2D eigenvalue weighted by Crippen LogP contribution is 2.30. The molecule has 1 amide bonds. The number of thioether (sulfide) groups is 1. The van der Waals surface area contributed by atoms with Crippen molar-refractivity contribution in [1.29, 1.82) is 0 Å². The fourth-order valence-corrected chi connectivity index (χ4v) is 4.48. The average Bonchev–Trinajstić information content (AvgIpc) is 2.71. The van der Waals surface area contributed by atoms with Crippen LogP contribution in [0.25, 0.3) is 0 Å². The first-order valence-corrected chi connectivity index (χ1v) is 11.5. The molecule has 0 saturated carbocycles. The molecule has 2 heterocycles. The summed E-state index contributed by atoms with van der Waals surface area (Å²) in [5.41, 5.74) is -0.697. The summed E-state index contributed by atoms with van der Waals surface area (Å²) >= 11 is 1.24. The molecule has 2 aliphatic rings. The predicted molar refractivity (Wildman–Crippen MR) is 108 cm³/mol. The van der Waals surface area contributed by atoms with E-state index in [1.807, 2.05) is 13.8 Å². The van der Waals surface area contributed by atoms with Gasteiger partial charge >= 0.3 is 0 Å². The van der Waals surface area contributed by atoms with E-state index in [2.05, 4.69) is 10.6 Å². The van der Waals surface area contributed by atoms with Gasteiger partial charge in [0.25, 0.3) is 0 Å². The lowest BCUT2D eigenvalue weighted by Gasteiger charge is -2.44. The largest absolute Gasteiger partial charge is 0.388 e. The Hall–Kier alpha value is -0.490. The third-order valence-electron chi connectivity index (χ3n) is 5.52. The molecule has 10 heteroatoms. The molecule has 2 saturated heterocycles. The Labute approximate surface area is 175 Å². The maximum absolute atomic E-state index is 12.9. The van der Waals surface area contributed by atoms with E-state index in [9.17, 15) is 24.5 Å². The normalized spacial score (nSPS) is 36.8. The number of carbonyl (C=O) groups is 1. The summed E-state index contributed by atoms with van der Waals surface area (Å²) in [6.45, 7) is 4.31. The van der Waals surface area contributed by atoms with Crippen molar-refractivity contribution in [2.24, 2.45) is 5.92 Å². The molecule has 0 bridgehead atoms. The van der Waals surface area contributed by atoms with Gasteiger partial charge in [0.1, 0.15) is 29.9 Å². The van der Waals surface area contributed by atoms with Crippen molar-refractivity contribution in [2.45, 2.75) is 81.1 Å². The molecule has 29 heavy (non-hydrogen) atoms. The minimum absolute atomic E-state index is 0.0799. The van der Waals surface area contributed by atoms with Gasteiger partial charge in [-0.15, -0.1) is 11.8 Å². The van der Waals surface area contributed by atoms with Crippen LogP contribution in [0.3, 0.4) is 0 Å². The predicted octanol–water partition coefficient (Wildman–Crippen LogP) is -0.205. The number of nitrogens with one attached hydrogen (secondary N) is 2. The summed E-state index contributed by atoms with van der Waals surface area (Å²) in [5, 5.41) is 36.9. The van der Waals surface area contributed by atoms with Crippen molar-refractivity contribution in [1.82, 2.24) is 10.6 Å². The van der Waals surface area contributed by atoms with E-state index in [1.54, 1.807) is 6.26 Å². The summed E-state index contributed by atoms with van der Waals surface area (Å²) in [6.07, 6.45) is -1.52. The number of alkyl halides is 1. The molecule has 5 N–H and O–H groups in total. The molecule has 0 spiro atoms. The van der Waals surface area contributed by atoms with Crippen molar-refractivity contribution in [3.63, 3.8) is 0 Å². The second kappa shape index (κ2) is 11.8. The highest BCUT2D eigenvalue weighted by Gasteiger charge is 2.47. The molecule has 170 valence electrons. The highest BCUT2D eigenvalue weighted by atomic mass is 32.2. The van der Waals surface area contributed by atoms with Crippen LogP contribution >= 0.6 is 11.8 Å². The molecular weight excluding hydrogens is 403 g/mol. The van der Waals surface area contributed by atoms with E-state index >= 15 is 0 Å². The Morgan fingerprint density at radius 2 is 2.03 bits per heavy atom. The van der Waals surface area contributed by atoms with E-state index in [1.165, 1.54) is 11.8 Å². The quantitative estimate of drug-likeness (QED) is 0.314. The molecule has 2 rings (SSSR count). The lowest BCUT2D eigenvalue weighted by atomic mass is 9.88. The number of hydrogen-bond donors (Lipinski definition) is 5. The Morgan fingerprint density at radius 1 is 1.31 bits per heavy atom. The fourth-order valence-electron chi connectivity index (χ4n) is 3.80. The van der Waals surface area contributed by atoms with Crippen molar-refractivity contribution in [2.75, 3.05) is 26.1 Å². The molecule has 0 aromatic heterocycles. The lowest BCUT2D eigenvalue weighted by molar-refractivity contribution is -0.208. The van der Waals surface area contributed by atoms with Crippen LogP contribution in [-0.2, 0) is 14.3 Å². The zero-order valence-corrected chi connectivity index (χ0v) is 18.1. The molecule has 0 unspecified atom stereocenters. The Morgan fingerprint density at radius 3 is 2.66 bits per heavy atom. The van der Waals surface area contributed by atoms with Crippen molar-refractivity contribution in [3.05, 3.63) is 0 Å². The summed E-state index contributed by atoms with van der Waals surface area (Å²) in [7, 11) is 0. The first-order chi connectivity index (χ1) is 13.8. The minimum atomic E-state index is -1.36. The van der Waals surface area contributed by atoms with E-state index in [4.69, 9.17) is 9.47 Å². The number of rotatable bonds is 9. The molecule has 0 radical (unpaired) electrons. The molecular formula is C19H35FN2O6S. The fraction of sp³-hybridized carbons (Fsp3) is 0.947.